The van der Waals surface area contributed by atoms with E-state index in [1.807, 2.05) is 41.8 Å². The predicted molar refractivity (Wildman–Crippen MR) is 62.6 cm³/mol. The molecule has 1 aromatic heterocycles. The number of hydrogen-bond acceptors (Lipinski definition) is 4. The van der Waals surface area contributed by atoms with Crippen LogP contribution in [0.15, 0.2) is 30.3 Å². The van der Waals surface area contributed by atoms with Gasteiger partial charge in [-0.25, -0.2) is 0 Å². The SMILES string of the molecule is CCOCc1nnc(CO)n1-c1ccccc1. The fourth-order valence-corrected chi connectivity index (χ4v) is 1.62. The van der Waals surface area contributed by atoms with E-state index in [1.165, 1.54) is 0 Å². The second-order valence-electron chi connectivity index (χ2n) is 3.50. The minimum atomic E-state index is -0.145. The monoisotopic (exact) mass is 233 g/mol. The summed E-state index contributed by atoms with van der Waals surface area (Å²) in [5, 5.41) is 17.2. The Labute approximate surface area is 99.7 Å². The van der Waals surface area contributed by atoms with Gasteiger partial charge in [-0.3, -0.25) is 4.57 Å². The lowest BCUT2D eigenvalue weighted by molar-refractivity contribution is 0.126. The van der Waals surface area contributed by atoms with E-state index in [-0.39, 0.29) is 6.61 Å². The zero-order chi connectivity index (χ0) is 12.1. The minimum Gasteiger partial charge on any atom is -0.388 e. The number of para-hydroxylation sites is 1. The van der Waals surface area contributed by atoms with Gasteiger partial charge in [0.1, 0.15) is 13.2 Å². The lowest BCUT2D eigenvalue weighted by Crippen LogP contribution is -2.07. The Morgan fingerprint density at radius 3 is 2.53 bits per heavy atom. The van der Waals surface area contributed by atoms with Crippen molar-refractivity contribution in [1.82, 2.24) is 14.8 Å². The van der Waals surface area contributed by atoms with Gasteiger partial charge in [-0.05, 0) is 19.1 Å². The third-order valence-electron chi connectivity index (χ3n) is 2.39. The van der Waals surface area contributed by atoms with Crippen LogP contribution in [0.4, 0.5) is 0 Å². The summed E-state index contributed by atoms with van der Waals surface area (Å²) in [6.45, 7) is 2.79. The zero-order valence-corrected chi connectivity index (χ0v) is 9.71. The molecule has 17 heavy (non-hydrogen) atoms. The third-order valence-corrected chi connectivity index (χ3v) is 2.39. The third kappa shape index (κ3) is 2.51. The second-order valence-corrected chi connectivity index (χ2v) is 3.50. The number of aliphatic hydroxyl groups is 1. The Morgan fingerprint density at radius 2 is 1.88 bits per heavy atom. The molecule has 1 N–H and O–H groups in total. The molecule has 0 bridgehead atoms. The number of aromatic nitrogens is 3. The van der Waals surface area contributed by atoms with Gasteiger partial charge in [-0.1, -0.05) is 18.2 Å². The van der Waals surface area contributed by atoms with E-state index in [0.29, 0.717) is 24.9 Å². The number of hydrogen-bond donors (Lipinski definition) is 1. The number of rotatable bonds is 5. The van der Waals surface area contributed by atoms with Crippen LogP contribution in [0.3, 0.4) is 0 Å². The van der Waals surface area contributed by atoms with Crippen LogP contribution in [-0.4, -0.2) is 26.5 Å². The molecule has 0 fully saturated rings. The van der Waals surface area contributed by atoms with Crippen molar-refractivity contribution in [2.75, 3.05) is 6.61 Å². The molecule has 90 valence electrons. The van der Waals surface area contributed by atoms with Crippen molar-refractivity contribution in [3.8, 4) is 5.69 Å². The molecule has 2 rings (SSSR count). The van der Waals surface area contributed by atoms with E-state index in [1.54, 1.807) is 0 Å². The summed E-state index contributed by atoms with van der Waals surface area (Å²) in [5.41, 5.74) is 0.927. The first-order chi connectivity index (χ1) is 8.36. The van der Waals surface area contributed by atoms with E-state index in [2.05, 4.69) is 10.2 Å². The molecule has 0 saturated heterocycles. The van der Waals surface area contributed by atoms with Gasteiger partial charge in [0.25, 0.3) is 0 Å². The van der Waals surface area contributed by atoms with Crippen molar-refractivity contribution in [2.24, 2.45) is 0 Å². The molecule has 0 saturated carbocycles. The summed E-state index contributed by atoms with van der Waals surface area (Å²) in [5.74, 6) is 1.22. The average molecular weight is 233 g/mol. The van der Waals surface area contributed by atoms with Gasteiger partial charge in [-0.2, -0.15) is 0 Å². The molecule has 0 aliphatic rings. The van der Waals surface area contributed by atoms with Gasteiger partial charge in [0.05, 0.1) is 0 Å². The van der Waals surface area contributed by atoms with Gasteiger partial charge in [0.2, 0.25) is 0 Å². The smallest absolute Gasteiger partial charge is 0.163 e. The Bertz CT molecular complexity index is 468. The van der Waals surface area contributed by atoms with E-state index in [0.717, 1.165) is 5.69 Å². The predicted octanol–water partition coefficient (Wildman–Crippen LogP) is 1.30. The highest BCUT2D eigenvalue weighted by molar-refractivity contribution is 5.33. The Kier molecular flexibility index (Phi) is 3.85. The van der Waals surface area contributed by atoms with Gasteiger partial charge in [0, 0.05) is 12.3 Å². The quantitative estimate of drug-likeness (QED) is 0.845. The van der Waals surface area contributed by atoms with Crippen molar-refractivity contribution in [3.63, 3.8) is 0 Å². The molecule has 1 aromatic carbocycles. The maximum absolute atomic E-state index is 9.25. The second kappa shape index (κ2) is 5.56. The lowest BCUT2D eigenvalue weighted by atomic mass is 10.3. The van der Waals surface area contributed by atoms with Gasteiger partial charge in [-0.15, -0.1) is 10.2 Å². The van der Waals surface area contributed by atoms with Crippen LogP contribution >= 0.6 is 0 Å². The topological polar surface area (TPSA) is 60.2 Å². The van der Waals surface area contributed by atoms with Gasteiger partial charge >= 0.3 is 0 Å². The highest BCUT2D eigenvalue weighted by Crippen LogP contribution is 2.13. The molecule has 5 nitrogen and oxygen atoms in total. The van der Waals surface area contributed by atoms with Crippen molar-refractivity contribution >= 4 is 0 Å². The van der Waals surface area contributed by atoms with E-state index in [9.17, 15) is 5.11 Å². The molecule has 2 aromatic rings. The number of nitrogens with zero attached hydrogens (tertiary/aromatic N) is 3. The molecular weight excluding hydrogens is 218 g/mol. The van der Waals surface area contributed by atoms with Crippen LogP contribution in [0.1, 0.15) is 18.6 Å². The number of ether oxygens (including phenoxy) is 1. The summed E-state index contributed by atoms with van der Waals surface area (Å²) >= 11 is 0. The molecular formula is C12H15N3O2. The minimum absolute atomic E-state index is 0.145. The molecule has 5 heteroatoms. The lowest BCUT2D eigenvalue weighted by Gasteiger charge is -2.08. The molecule has 0 amide bonds. The summed E-state index contributed by atoms with van der Waals surface area (Å²) in [6.07, 6.45) is 0. The van der Waals surface area contributed by atoms with Gasteiger partial charge in [0.15, 0.2) is 11.6 Å². The van der Waals surface area contributed by atoms with Crippen LogP contribution in [0.5, 0.6) is 0 Å². The van der Waals surface area contributed by atoms with Gasteiger partial charge < -0.3 is 9.84 Å². The molecule has 1 heterocycles. The first-order valence-corrected chi connectivity index (χ1v) is 5.54. The largest absolute Gasteiger partial charge is 0.388 e. The normalized spacial score (nSPS) is 10.7. The zero-order valence-electron chi connectivity index (χ0n) is 9.71. The number of benzene rings is 1. The molecule has 0 radical (unpaired) electrons. The molecule has 0 spiro atoms. The van der Waals surface area contributed by atoms with Crippen LogP contribution in [0.2, 0.25) is 0 Å². The Morgan fingerprint density at radius 1 is 1.18 bits per heavy atom. The van der Waals surface area contributed by atoms with Crippen LogP contribution in [-0.2, 0) is 18.0 Å². The van der Waals surface area contributed by atoms with Crippen molar-refractivity contribution in [1.29, 1.82) is 0 Å². The van der Waals surface area contributed by atoms with Crippen molar-refractivity contribution < 1.29 is 9.84 Å². The Hall–Kier alpha value is -1.72. The van der Waals surface area contributed by atoms with Crippen LogP contribution in [0, 0.1) is 0 Å². The fourth-order valence-electron chi connectivity index (χ4n) is 1.62. The standard InChI is InChI=1S/C12H15N3O2/c1-2-17-9-12-14-13-11(8-16)15(12)10-6-4-3-5-7-10/h3-7,16H,2,8-9H2,1H3. The first-order valence-electron chi connectivity index (χ1n) is 5.54. The summed E-state index contributed by atoms with van der Waals surface area (Å²) < 4.78 is 7.15. The maximum Gasteiger partial charge on any atom is 0.163 e. The van der Waals surface area contributed by atoms with Crippen LogP contribution < -0.4 is 0 Å². The average Bonchev–Trinajstić information content (AvgIpc) is 2.80. The maximum atomic E-state index is 9.25. The van der Waals surface area contributed by atoms with Crippen molar-refractivity contribution in [2.45, 2.75) is 20.1 Å². The molecule has 0 atom stereocenters. The molecule has 0 unspecified atom stereocenters. The van der Waals surface area contributed by atoms with E-state index < -0.39 is 0 Å². The number of aliphatic hydroxyl groups excluding tert-OH is 1. The summed E-state index contributed by atoms with van der Waals surface area (Å²) in [7, 11) is 0. The van der Waals surface area contributed by atoms with E-state index >= 15 is 0 Å². The molecule has 0 aliphatic carbocycles. The fraction of sp³-hybridized carbons (Fsp3) is 0.333. The summed E-state index contributed by atoms with van der Waals surface area (Å²) in [4.78, 5) is 0. The first kappa shape index (κ1) is 11.8. The summed E-state index contributed by atoms with van der Waals surface area (Å²) in [6, 6.07) is 9.69. The van der Waals surface area contributed by atoms with Crippen molar-refractivity contribution in [3.05, 3.63) is 42.0 Å². The van der Waals surface area contributed by atoms with E-state index in [4.69, 9.17) is 4.74 Å². The van der Waals surface area contributed by atoms with Crippen LogP contribution in [0.25, 0.3) is 5.69 Å². The molecule has 0 aliphatic heterocycles. The highest BCUT2D eigenvalue weighted by atomic mass is 16.5. The highest BCUT2D eigenvalue weighted by Gasteiger charge is 2.12. The Balaban J connectivity index is 2.39.